The number of ether oxygens (including phenoxy) is 2. The highest BCUT2D eigenvalue weighted by molar-refractivity contribution is 5.77. The summed E-state index contributed by atoms with van der Waals surface area (Å²) >= 11 is 0. The van der Waals surface area contributed by atoms with Gasteiger partial charge in [-0.15, -0.1) is 0 Å². The Balaban J connectivity index is 1.38. The summed E-state index contributed by atoms with van der Waals surface area (Å²) < 4.78 is 11.7. The van der Waals surface area contributed by atoms with Crippen molar-refractivity contribution in [2.24, 2.45) is 34.0 Å². The number of rotatable bonds is 12. The van der Waals surface area contributed by atoms with E-state index in [2.05, 4.69) is 27.4 Å². The van der Waals surface area contributed by atoms with Gasteiger partial charge in [-0.3, -0.25) is 9.59 Å². The lowest BCUT2D eigenvalue weighted by atomic mass is 9.40. The van der Waals surface area contributed by atoms with E-state index in [1.54, 1.807) is 7.11 Å². The summed E-state index contributed by atoms with van der Waals surface area (Å²) in [4.78, 5) is 26.1. The topological polar surface area (TPSA) is 52.6 Å². The fourth-order valence-electron chi connectivity index (χ4n) is 9.77. The number of carbonyl (C=O) groups is 2. The maximum Gasteiger partial charge on any atom is 0.311 e. The van der Waals surface area contributed by atoms with Gasteiger partial charge in [0.25, 0.3) is 0 Å². The standard InChI is InChI=1S/C33H54O4/c1-6-7-8-9-10-11-12-13-14-16-28(34)37-29-24(2)25-17-18-27-31(3)20-15-21-32(4,30(35)36-5)26(31)19-22-33(27,29)23-25/h25-27,29H,2,6-23H2,1,3-5H3/t25-,26+,27+,29+,31-,32-,33-/m1/s1. The van der Waals surface area contributed by atoms with Crippen LogP contribution < -0.4 is 0 Å². The molecule has 0 unspecified atom stereocenters. The number of hydrogen-bond acceptors (Lipinski definition) is 4. The molecule has 4 fully saturated rings. The van der Waals surface area contributed by atoms with Crippen molar-refractivity contribution in [3.8, 4) is 0 Å². The van der Waals surface area contributed by atoms with E-state index in [1.165, 1.54) is 56.9 Å². The van der Waals surface area contributed by atoms with Crippen LogP contribution in [0, 0.1) is 34.0 Å². The highest BCUT2D eigenvalue weighted by atomic mass is 16.5. The van der Waals surface area contributed by atoms with Crippen molar-refractivity contribution in [3.05, 3.63) is 12.2 Å². The average molecular weight is 515 g/mol. The molecule has 0 aromatic carbocycles. The Bertz CT molecular complexity index is 834. The van der Waals surface area contributed by atoms with Gasteiger partial charge in [0.2, 0.25) is 0 Å². The van der Waals surface area contributed by atoms with Gasteiger partial charge in [0.15, 0.2) is 0 Å². The van der Waals surface area contributed by atoms with Crippen molar-refractivity contribution in [3.63, 3.8) is 0 Å². The van der Waals surface area contributed by atoms with E-state index < -0.39 is 5.41 Å². The van der Waals surface area contributed by atoms with Gasteiger partial charge in [0.05, 0.1) is 12.5 Å². The molecule has 2 bridgehead atoms. The van der Waals surface area contributed by atoms with Crippen LogP contribution in [0.3, 0.4) is 0 Å². The Morgan fingerprint density at radius 2 is 1.57 bits per heavy atom. The minimum atomic E-state index is -0.405. The number of methoxy groups -OCH3 is 1. The highest BCUT2D eigenvalue weighted by Gasteiger charge is 2.68. The van der Waals surface area contributed by atoms with Gasteiger partial charge in [-0.05, 0) is 87.0 Å². The molecule has 0 radical (unpaired) electrons. The second-order valence-corrected chi connectivity index (χ2v) is 13.6. The van der Waals surface area contributed by atoms with E-state index >= 15 is 0 Å². The number of fused-ring (bicyclic) bond motifs is 3. The number of esters is 2. The van der Waals surface area contributed by atoms with E-state index in [0.717, 1.165) is 57.8 Å². The summed E-state index contributed by atoms with van der Waals surface area (Å²) in [6.45, 7) is 11.4. The van der Waals surface area contributed by atoms with Crippen LogP contribution in [0.15, 0.2) is 12.2 Å². The lowest BCUT2D eigenvalue weighted by molar-refractivity contribution is -0.197. The third kappa shape index (κ3) is 5.29. The van der Waals surface area contributed by atoms with Crippen LogP contribution in [0.1, 0.15) is 136 Å². The van der Waals surface area contributed by atoms with Crippen molar-refractivity contribution < 1.29 is 19.1 Å². The quantitative estimate of drug-likeness (QED) is 0.149. The summed E-state index contributed by atoms with van der Waals surface area (Å²) in [6.07, 6.45) is 20.3. The fraction of sp³-hybridized carbons (Fsp3) is 0.879. The predicted octanol–water partition coefficient (Wildman–Crippen LogP) is 8.57. The van der Waals surface area contributed by atoms with Crippen molar-refractivity contribution in [2.45, 2.75) is 142 Å². The summed E-state index contributed by atoms with van der Waals surface area (Å²) in [6, 6.07) is 0. The van der Waals surface area contributed by atoms with Crippen LogP contribution >= 0.6 is 0 Å². The van der Waals surface area contributed by atoms with E-state index in [-0.39, 0.29) is 28.9 Å². The first-order valence-corrected chi connectivity index (χ1v) is 15.7. The monoisotopic (exact) mass is 514 g/mol. The molecule has 4 aliphatic carbocycles. The first-order chi connectivity index (χ1) is 17.7. The maximum atomic E-state index is 13.1. The normalized spacial score (nSPS) is 38.5. The molecule has 0 aliphatic heterocycles. The summed E-state index contributed by atoms with van der Waals surface area (Å²) in [5.74, 6) is 1.24. The molecule has 4 saturated carbocycles. The molecule has 0 N–H and O–H groups in total. The van der Waals surface area contributed by atoms with E-state index in [0.29, 0.717) is 24.2 Å². The molecule has 4 aliphatic rings. The van der Waals surface area contributed by atoms with Gasteiger partial charge in [0, 0.05) is 11.8 Å². The molecular formula is C33H54O4. The van der Waals surface area contributed by atoms with Gasteiger partial charge in [-0.2, -0.15) is 0 Å². The van der Waals surface area contributed by atoms with Crippen molar-refractivity contribution in [1.29, 1.82) is 0 Å². The molecule has 0 heterocycles. The molecule has 4 nitrogen and oxygen atoms in total. The van der Waals surface area contributed by atoms with Crippen LogP contribution in [0.25, 0.3) is 0 Å². The summed E-state index contributed by atoms with van der Waals surface area (Å²) in [5.41, 5.74) is 0.860. The molecule has 0 saturated heterocycles. The van der Waals surface area contributed by atoms with Crippen LogP contribution in [-0.4, -0.2) is 25.2 Å². The Morgan fingerprint density at radius 1 is 0.892 bits per heavy atom. The molecular weight excluding hydrogens is 460 g/mol. The Hall–Kier alpha value is -1.32. The maximum absolute atomic E-state index is 13.1. The smallest absolute Gasteiger partial charge is 0.311 e. The molecule has 37 heavy (non-hydrogen) atoms. The minimum absolute atomic E-state index is 0.00771. The minimum Gasteiger partial charge on any atom is -0.469 e. The Kier molecular flexibility index (Phi) is 9.17. The van der Waals surface area contributed by atoms with Gasteiger partial charge in [0.1, 0.15) is 6.10 Å². The largest absolute Gasteiger partial charge is 0.469 e. The zero-order chi connectivity index (χ0) is 26.7. The zero-order valence-electron chi connectivity index (χ0n) is 24.4. The number of hydrogen-bond donors (Lipinski definition) is 0. The number of carbonyl (C=O) groups excluding carboxylic acids is 2. The second kappa shape index (κ2) is 11.8. The van der Waals surface area contributed by atoms with E-state index in [9.17, 15) is 9.59 Å². The second-order valence-electron chi connectivity index (χ2n) is 13.6. The SMILES string of the molecule is C=C1[C@@H]2CC[C@H]3[C@]4(C)CCC[C@@](C)(C(=O)OC)[C@H]4CC[C@]3(C2)[C@H]1OC(=O)CCCCCCCCCCC. The highest BCUT2D eigenvalue weighted by Crippen LogP contribution is 2.72. The third-order valence-corrected chi connectivity index (χ3v) is 11.6. The number of unbranched alkanes of at least 4 members (excludes halogenated alkanes) is 8. The van der Waals surface area contributed by atoms with E-state index in [4.69, 9.17) is 9.47 Å². The molecule has 210 valence electrons. The van der Waals surface area contributed by atoms with Crippen molar-refractivity contribution >= 4 is 11.9 Å². The predicted molar refractivity (Wildman–Crippen MR) is 149 cm³/mol. The molecule has 4 rings (SSSR count). The average Bonchev–Trinajstić information content (AvgIpc) is 3.07. The van der Waals surface area contributed by atoms with Crippen molar-refractivity contribution in [1.82, 2.24) is 0 Å². The van der Waals surface area contributed by atoms with Crippen LogP contribution in [0.5, 0.6) is 0 Å². The summed E-state index contributed by atoms with van der Waals surface area (Å²) in [5, 5.41) is 0. The molecule has 1 spiro atoms. The summed E-state index contributed by atoms with van der Waals surface area (Å²) in [7, 11) is 1.54. The lowest BCUT2D eigenvalue weighted by Gasteiger charge is -2.64. The molecule has 0 aromatic rings. The Morgan fingerprint density at radius 3 is 2.24 bits per heavy atom. The van der Waals surface area contributed by atoms with Crippen molar-refractivity contribution in [2.75, 3.05) is 7.11 Å². The first-order valence-electron chi connectivity index (χ1n) is 15.7. The van der Waals surface area contributed by atoms with E-state index in [1.807, 2.05) is 0 Å². The molecule has 0 aromatic heterocycles. The Labute approximate surface area is 226 Å². The van der Waals surface area contributed by atoms with Crippen LogP contribution in [0.4, 0.5) is 0 Å². The van der Waals surface area contributed by atoms with Gasteiger partial charge in [-0.25, -0.2) is 0 Å². The molecule has 4 heteroatoms. The van der Waals surface area contributed by atoms with Gasteiger partial charge >= 0.3 is 11.9 Å². The fourth-order valence-corrected chi connectivity index (χ4v) is 9.77. The molecule has 7 atom stereocenters. The van der Waals surface area contributed by atoms with Crippen LogP contribution in [0.2, 0.25) is 0 Å². The van der Waals surface area contributed by atoms with Gasteiger partial charge < -0.3 is 9.47 Å². The van der Waals surface area contributed by atoms with Gasteiger partial charge in [-0.1, -0.05) is 78.2 Å². The third-order valence-electron chi connectivity index (χ3n) is 11.6. The first kappa shape index (κ1) is 28.7. The van der Waals surface area contributed by atoms with Crippen LogP contribution in [-0.2, 0) is 19.1 Å². The molecule has 0 amide bonds. The zero-order valence-corrected chi connectivity index (χ0v) is 24.4. The lowest BCUT2D eigenvalue weighted by Crippen LogP contribution is -2.60.